The lowest BCUT2D eigenvalue weighted by molar-refractivity contribution is 0.337. The molecule has 0 aromatic carbocycles. The van der Waals surface area contributed by atoms with Crippen LogP contribution < -0.4 is 10.1 Å². The van der Waals surface area contributed by atoms with Crippen molar-refractivity contribution in [2.24, 2.45) is 0 Å². The summed E-state index contributed by atoms with van der Waals surface area (Å²) in [5.74, 6) is 0. The van der Waals surface area contributed by atoms with Crippen LogP contribution in [0.5, 0.6) is 5.19 Å². The highest BCUT2D eigenvalue weighted by molar-refractivity contribution is 7.11. The average Bonchev–Trinajstić information content (AvgIpc) is 2.38. The lowest BCUT2D eigenvalue weighted by atomic mass is 10.5. The van der Waals surface area contributed by atoms with Crippen molar-refractivity contribution in [3.63, 3.8) is 0 Å². The molecule has 0 atom stereocenters. The number of nitrogens with zero attached hydrogens (tertiary/aromatic N) is 1. The Hall–Kier alpha value is -0.610. The first kappa shape index (κ1) is 8.49. The predicted molar refractivity (Wildman–Crippen MR) is 46.0 cm³/mol. The van der Waals surface area contributed by atoms with E-state index in [0.717, 1.165) is 17.4 Å². The number of hydrogen-bond donors (Lipinski definition) is 1. The zero-order chi connectivity index (χ0) is 8.10. The van der Waals surface area contributed by atoms with Gasteiger partial charge in [0.2, 0.25) is 0 Å². The second kappa shape index (κ2) is 4.31. The Morgan fingerprint density at radius 3 is 3.18 bits per heavy atom. The lowest BCUT2D eigenvalue weighted by Gasteiger charge is -1.94. The molecule has 0 radical (unpaired) electrons. The molecule has 1 heterocycles. The summed E-state index contributed by atoms with van der Waals surface area (Å²) in [5, 5.41) is 5.79. The normalized spacial score (nSPS) is 10.0. The minimum Gasteiger partial charge on any atom is -0.470 e. The van der Waals surface area contributed by atoms with E-state index in [4.69, 9.17) is 4.74 Å². The number of hydrogen-bond acceptors (Lipinski definition) is 4. The molecule has 62 valence electrons. The van der Waals surface area contributed by atoms with Crippen LogP contribution in [-0.4, -0.2) is 18.6 Å². The van der Waals surface area contributed by atoms with Crippen LogP contribution in [0.15, 0.2) is 5.38 Å². The molecule has 0 fully saturated rings. The first-order valence-electron chi connectivity index (χ1n) is 3.58. The van der Waals surface area contributed by atoms with Crippen LogP contribution in [0.25, 0.3) is 0 Å². The summed E-state index contributed by atoms with van der Waals surface area (Å²) in [6.45, 7) is 3.45. The third kappa shape index (κ3) is 2.48. The fourth-order valence-electron chi connectivity index (χ4n) is 0.740. The standard InChI is InChI=1S/C7H12N2OS/c1-3-10-7-9-6(4-8-2)5-11-7/h5,8H,3-4H2,1-2H3. The maximum atomic E-state index is 5.21. The van der Waals surface area contributed by atoms with Gasteiger partial charge < -0.3 is 10.1 Å². The Labute approximate surface area is 70.4 Å². The lowest BCUT2D eigenvalue weighted by Crippen LogP contribution is -2.05. The number of thiazole rings is 1. The van der Waals surface area contributed by atoms with Crippen molar-refractivity contribution in [1.82, 2.24) is 10.3 Å². The van der Waals surface area contributed by atoms with Crippen molar-refractivity contribution in [1.29, 1.82) is 0 Å². The van der Waals surface area contributed by atoms with Crippen LogP contribution in [0, 0.1) is 0 Å². The Balaban J connectivity index is 2.51. The molecule has 11 heavy (non-hydrogen) atoms. The molecule has 0 aliphatic rings. The SMILES string of the molecule is CCOc1nc(CNC)cs1. The van der Waals surface area contributed by atoms with Crippen molar-refractivity contribution in [2.45, 2.75) is 13.5 Å². The van der Waals surface area contributed by atoms with Crippen molar-refractivity contribution >= 4 is 11.3 Å². The van der Waals surface area contributed by atoms with Crippen LogP contribution in [-0.2, 0) is 6.54 Å². The van der Waals surface area contributed by atoms with Crippen molar-refractivity contribution in [2.75, 3.05) is 13.7 Å². The van der Waals surface area contributed by atoms with E-state index in [0.29, 0.717) is 6.61 Å². The topological polar surface area (TPSA) is 34.1 Å². The van der Waals surface area contributed by atoms with Gasteiger partial charge in [0.25, 0.3) is 5.19 Å². The zero-order valence-corrected chi connectivity index (χ0v) is 7.57. The molecular weight excluding hydrogens is 160 g/mol. The van der Waals surface area contributed by atoms with Crippen LogP contribution in [0.1, 0.15) is 12.6 Å². The van der Waals surface area contributed by atoms with Gasteiger partial charge in [-0.2, -0.15) is 0 Å². The Morgan fingerprint density at radius 1 is 1.73 bits per heavy atom. The molecule has 4 heteroatoms. The molecule has 0 amide bonds. The quantitative estimate of drug-likeness (QED) is 0.742. The van der Waals surface area contributed by atoms with Gasteiger partial charge >= 0.3 is 0 Å². The molecule has 0 spiro atoms. The fourth-order valence-corrected chi connectivity index (χ4v) is 1.47. The monoisotopic (exact) mass is 172 g/mol. The minimum atomic E-state index is 0.687. The van der Waals surface area contributed by atoms with Crippen LogP contribution in [0.4, 0.5) is 0 Å². The third-order valence-electron chi connectivity index (χ3n) is 1.16. The number of aromatic nitrogens is 1. The molecule has 0 unspecified atom stereocenters. The summed E-state index contributed by atoms with van der Waals surface area (Å²) in [6, 6.07) is 0. The summed E-state index contributed by atoms with van der Waals surface area (Å²) >= 11 is 1.54. The first-order chi connectivity index (χ1) is 5.36. The van der Waals surface area contributed by atoms with Gasteiger partial charge in [-0.3, -0.25) is 0 Å². The summed E-state index contributed by atoms with van der Waals surface area (Å²) in [7, 11) is 1.90. The van der Waals surface area contributed by atoms with E-state index in [9.17, 15) is 0 Å². The van der Waals surface area contributed by atoms with Crippen molar-refractivity contribution in [3.05, 3.63) is 11.1 Å². The van der Waals surface area contributed by atoms with E-state index in [1.54, 1.807) is 11.3 Å². The number of rotatable bonds is 4. The molecule has 0 saturated carbocycles. The van der Waals surface area contributed by atoms with Gasteiger partial charge in [-0.25, -0.2) is 4.98 Å². The first-order valence-corrected chi connectivity index (χ1v) is 4.46. The summed E-state index contributed by atoms with van der Waals surface area (Å²) < 4.78 is 5.21. The molecule has 0 aliphatic carbocycles. The smallest absolute Gasteiger partial charge is 0.273 e. The molecule has 3 nitrogen and oxygen atoms in total. The van der Waals surface area contributed by atoms with Crippen molar-refractivity contribution < 1.29 is 4.74 Å². The van der Waals surface area contributed by atoms with Gasteiger partial charge in [0, 0.05) is 11.9 Å². The van der Waals surface area contributed by atoms with Gasteiger partial charge in [-0.15, -0.1) is 0 Å². The summed E-state index contributed by atoms with van der Waals surface area (Å²) in [4.78, 5) is 4.22. The second-order valence-corrected chi connectivity index (χ2v) is 2.89. The Morgan fingerprint density at radius 2 is 2.55 bits per heavy atom. The van der Waals surface area contributed by atoms with Gasteiger partial charge in [0.1, 0.15) is 0 Å². The fraction of sp³-hybridized carbons (Fsp3) is 0.571. The van der Waals surface area contributed by atoms with Gasteiger partial charge in [-0.05, 0) is 14.0 Å². The van der Waals surface area contributed by atoms with E-state index in [1.807, 2.05) is 19.4 Å². The third-order valence-corrected chi connectivity index (χ3v) is 1.96. The van der Waals surface area contributed by atoms with Gasteiger partial charge in [0.05, 0.1) is 12.3 Å². The Bertz CT molecular complexity index is 191. The zero-order valence-electron chi connectivity index (χ0n) is 6.76. The van der Waals surface area contributed by atoms with Crippen LogP contribution in [0.2, 0.25) is 0 Å². The van der Waals surface area contributed by atoms with E-state index in [-0.39, 0.29) is 0 Å². The van der Waals surface area contributed by atoms with Crippen LogP contribution >= 0.6 is 11.3 Å². The highest BCUT2D eigenvalue weighted by Gasteiger charge is 1.99. The summed E-state index contributed by atoms with van der Waals surface area (Å²) in [5.41, 5.74) is 1.04. The highest BCUT2D eigenvalue weighted by atomic mass is 32.1. The largest absolute Gasteiger partial charge is 0.470 e. The molecule has 1 aromatic heterocycles. The van der Waals surface area contributed by atoms with Gasteiger partial charge in [0.15, 0.2) is 0 Å². The Kier molecular flexibility index (Phi) is 3.32. The molecule has 1 rings (SSSR count). The maximum Gasteiger partial charge on any atom is 0.273 e. The van der Waals surface area contributed by atoms with E-state index in [2.05, 4.69) is 10.3 Å². The van der Waals surface area contributed by atoms with Gasteiger partial charge in [-0.1, -0.05) is 11.3 Å². The second-order valence-electron chi connectivity index (χ2n) is 2.07. The number of ether oxygens (including phenoxy) is 1. The number of nitrogens with one attached hydrogen (secondary N) is 1. The summed E-state index contributed by atoms with van der Waals surface area (Å²) in [6.07, 6.45) is 0. The highest BCUT2D eigenvalue weighted by Crippen LogP contribution is 2.17. The maximum absolute atomic E-state index is 5.21. The molecule has 0 saturated heterocycles. The van der Waals surface area contributed by atoms with E-state index >= 15 is 0 Å². The molecular formula is C7H12N2OS. The van der Waals surface area contributed by atoms with Crippen molar-refractivity contribution in [3.8, 4) is 5.19 Å². The van der Waals surface area contributed by atoms with E-state index < -0.39 is 0 Å². The molecule has 1 N–H and O–H groups in total. The average molecular weight is 172 g/mol. The molecule has 0 aliphatic heterocycles. The minimum absolute atomic E-state index is 0.687. The predicted octanol–water partition coefficient (Wildman–Crippen LogP) is 1.26. The van der Waals surface area contributed by atoms with E-state index in [1.165, 1.54) is 0 Å². The van der Waals surface area contributed by atoms with Crippen LogP contribution in [0.3, 0.4) is 0 Å². The molecule has 0 bridgehead atoms. The molecule has 1 aromatic rings.